The van der Waals surface area contributed by atoms with Crippen molar-refractivity contribution in [2.75, 3.05) is 0 Å². The lowest BCUT2D eigenvalue weighted by atomic mass is 10.1. The van der Waals surface area contributed by atoms with E-state index in [1.807, 2.05) is 6.07 Å². The Balaban J connectivity index is 2.15. The van der Waals surface area contributed by atoms with Gasteiger partial charge in [0.25, 0.3) is 0 Å². The van der Waals surface area contributed by atoms with Gasteiger partial charge in [0, 0.05) is 5.69 Å². The van der Waals surface area contributed by atoms with Gasteiger partial charge in [-0.25, -0.2) is 0 Å². The monoisotopic (exact) mass is 193 g/mol. The van der Waals surface area contributed by atoms with Crippen molar-refractivity contribution in [3.63, 3.8) is 0 Å². The largest absolute Gasteiger partial charge is 0.506 e. The third-order valence-electron chi connectivity index (χ3n) is 2.35. The normalized spacial score (nSPS) is 10.4. The lowest BCUT2D eigenvalue weighted by molar-refractivity contribution is 0.472. The molecule has 78 valence electrons. The first-order chi connectivity index (χ1) is 6.83. The fourth-order valence-electron chi connectivity index (χ4n) is 1.47. The van der Waals surface area contributed by atoms with Crippen LogP contribution < -0.4 is 0 Å². The Morgan fingerprint density at radius 3 is 2.57 bits per heavy atom. The lowest BCUT2D eigenvalue weighted by Gasteiger charge is -2.00. The summed E-state index contributed by atoms with van der Waals surface area (Å²) in [6.07, 6.45) is 8.99. The van der Waals surface area contributed by atoms with Gasteiger partial charge in [0.15, 0.2) is 0 Å². The molecule has 0 saturated carbocycles. The van der Waals surface area contributed by atoms with E-state index in [0.717, 1.165) is 12.1 Å². The van der Waals surface area contributed by atoms with E-state index in [0.29, 0.717) is 0 Å². The molecular formula is C12H19NO. The molecule has 1 aromatic rings. The molecule has 0 aliphatic rings. The Hall–Kier alpha value is -1.05. The fraction of sp³-hybridized carbons (Fsp3) is 0.583. The zero-order valence-corrected chi connectivity index (χ0v) is 8.87. The van der Waals surface area contributed by atoms with Gasteiger partial charge in [0.1, 0.15) is 5.75 Å². The Morgan fingerprint density at radius 2 is 1.93 bits per heavy atom. The number of rotatable bonds is 6. The second-order valence-electron chi connectivity index (χ2n) is 3.67. The molecule has 0 saturated heterocycles. The Labute approximate surface area is 86.0 Å². The molecule has 0 fully saturated rings. The molecule has 14 heavy (non-hydrogen) atoms. The molecule has 0 aliphatic heterocycles. The maximum Gasteiger partial charge on any atom is 0.133 e. The van der Waals surface area contributed by atoms with E-state index in [9.17, 15) is 0 Å². The highest BCUT2D eigenvalue weighted by molar-refractivity contribution is 5.17. The van der Waals surface area contributed by atoms with Crippen LogP contribution in [-0.2, 0) is 6.42 Å². The zero-order valence-electron chi connectivity index (χ0n) is 8.87. The second kappa shape index (κ2) is 6.41. The molecule has 1 rings (SSSR count). The van der Waals surface area contributed by atoms with Gasteiger partial charge in [-0.15, -0.1) is 0 Å². The minimum Gasteiger partial charge on any atom is -0.506 e. The van der Waals surface area contributed by atoms with Gasteiger partial charge in [-0.05, 0) is 25.0 Å². The molecule has 0 amide bonds. The van der Waals surface area contributed by atoms with E-state index in [4.69, 9.17) is 5.11 Å². The fourth-order valence-corrected chi connectivity index (χ4v) is 1.47. The molecule has 0 spiro atoms. The van der Waals surface area contributed by atoms with Crippen molar-refractivity contribution < 1.29 is 5.11 Å². The van der Waals surface area contributed by atoms with Crippen LogP contribution in [0.5, 0.6) is 5.75 Å². The molecule has 1 N–H and O–H groups in total. The van der Waals surface area contributed by atoms with Crippen molar-refractivity contribution in [1.82, 2.24) is 4.98 Å². The van der Waals surface area contributed by atoms with Gasteiger partial charge in [0.05, 0.1) is 6.20 Å². The van der Waals surface area contributed by atoms with Gasteiger partial charge in [-0.3, -0.25) is 4.98 Å². The summed E-state index contributed by atoms with van der Waals surface area (Å²) in [6, 6.07) is 3.60. The molecule has 2 heteroatoms. The van der Waals surface area contributed by atoms with Gasteiger partial charge in [0.2, 0.25) is 0 Å². The van der Waals surface area contributed by atoms with Crippen molar-refractivity contribution in [1.29, 1.82) is 0 Å². The van der Waals surface area contributed by atoms with Gasteiger partial charge >= 0.3 is 0 Å². The molecule has 0 aliphatic carbocycles. The predicted octanol–water partition coefficient (Wildman–Crippen LogP) is 3.30. The molecule has 0 aromatic carbocycles. The average Bonchev–Trinajstić information content (AvgIpc) is 2.21. The highest BCUT2D eigenvalue weighted by Crippen LogP contribution is 2.10. The van der Waals surface area contributed by atoms with Gasteiger partial charge in [-0.2, -0.15) is 0 Å². The summed E-state index contributed by atoms with van der Waals surface area (Å²) in [4.78, 5) is 4.15. The van der Waals surface area contributed by atoms with E-state index in [-0.39, 0.29) is 5.75 Å². The first-order valence-corrected chi connectivity index (χ1v) is 5.47. The van der Waals surface area contributed by atoms with Crippen LogP contribution in [0.25, 0.3) is 0 Å². The van der Waals surface area contributed by atoms with Crippen LogP contribution >= 0.6 is 0 Å². The van der Waals surface area contributed by atoms with E-state index in [1.54, 1.807) is 6.07 Å². The number of nitrogens with zero attached hydrogens (tertiary/aromatic N) is 1. The first-order valence-electron chi connectivity index (χ1n) is 5.47. The van der Waals surface area contributed by atoms with Gasteiger partial charge in [-0.1, -0.05) is 32.6 Å². The third-order valence-corrected chi connectivity index (χ3v) is 2.35. The number of aromatic hydroxyl groups is 1. The molecule has 0 bridgehead atoms. The van der Waals surface area contributed by atoms with Crippen LogP contribution in [0.15, 0.2) is 18.3 Å². The van der Waals surface area contributed by atoms with Crippen LogP contribution in [-0.4, -0.2) is 10.1 Å². The van der Waals surface area contributed by atoms with E-state index >= 15 is 0 Å². The molecule has 1 heterocycles. The summed E-state index contributed by atoms with van der Waals surface area (Å²) in [5, 5.41) is 9.04. The van der Waals surface area contributed by atoms with Crippen LogP contribution in [0.1, 0.15) is 44.7 Å². The van der Waals surface area contributed by atoms with Crippen LogP contribution in [0.2, 0.25) is 0 Å². The summed E-state index contributed by atoms with van der Waals surface area (Å²) in [6.45, 7) is 2.22. The van der Waals surface area contributed by atoms with Crippen molar-refractivity contribution in [3.05, 3.63) is 24.0 Å². The molecule has 2 nitrogen and oxygen atoms in total. The zero-order chi connectivity index (χ0) is 10.2. The smallest absolute Gasteiger partial charge is 0.133 e. The summed E-state index contributed by atoms with van der Waals surface area (Å²) in [5.74, 6) is 0.250. The topological polar surface area (TPSA) is 33.1 Å². The maximum absolute atomic E-state index is 9.04. The summed E-state index contributed by atoms with van der Waals surface area (Å²) >= 11 is 0. The lowest BCUT2D eigenvalue weighted by Crippen LogP contribution is -1.89. The van der Waals surface area contributed by atoms with E-state index in [1.165, 1.54) is 38.3 Å². The number of unbranched alkanes of at least 4 members (excludes halogenated alkanes) is 4. The Kier molecular flexibility index (Phi) is 5.05. The van der Waals surface area contributed by atoms with Crippen LogP contribution in [0, 0.1) is 0 Å². The highest BCUT2D eigenvalue weighted by Gasteiger charge is 1.95. The van der Waals surface area contributed by atoms with Gasteiger partial charge < -0.3 is 5.11 Å². The summed E-state index contributed by atoms with van der Waals surface area (Å²) < 4.78 is 0. The molecule has 0 unspecified atom stereocenters. The first kappa shape index (κ1) is 11.0. The standard InChI is InChI=1S/C12H19NO/c1-2-3-4-5-6-7-11-8-9-12(14)10-13-11/h8-10,14H,2-7H2,1H3. The predicted molar refractivity (Wildman–Crippen MR) is 58.4 cm³/mol. The van der Waals surface area contributed by atoms with E-state index in [2.05, 4.69) is 11.9 Å². The third kappa shape index (κ3) is 4.26. The number of hydrogen-bond acceptors (Lipinski definition) is 2. The number of pyridine rings is 1. The molecular weight excluding hydrogens is 174 g/mol. The summed E-state index contributed by atoms with van der Waals surface area (Å²) in [7, 11) is 0. The van der Waals surface area contributed by atoms with Crippen molar-refractivity contribution in [3.8, 4) is 5.75 Å². The minimum atomic E-state index is 0.250. The van der Waals surface area contributed by atoms with Crippen LogP contribution in [0.3, 0.4) is 0 Å². The highest BCUT2D eigenvalue weighted by atomic mass is 16.3. The molecule has 1 aromatic heterocycles. The van der Waals surface area contributed by atoms with Crippen molar-refractivity contribution in [2.24, 2.45) is 0 Å². The van der Waals surface area contributed by atoms with E-state index < -0.39 is 0 Å². The number of aryl methyl sites for hydroxylation is 1. The van der Waals surface area contributed by atoms with Crippen LogP contribution in [0.4, 0.5) is 0 Å². The minimum absolute atomic E-state index is 0.250. The Bertz CT molecular complexity index is 243. The maximum atomic E-state index is 9.04. The molecule has 0 atom stereocenters. The number of aromatic nitrogens is 1. The average molecular weight is 193 g/mol. The Morgan fingerprint density at radius 1 is 1.14 bits per heavy atom. The SMILES string of the molecule is CCCCCCCc1ccc(O)cn1. The quantitative estimate of drug-likeness (QED) is 0.703. The molecule has 0 radical (unpaired) electrons. The number of hydrogen-bond donors (Lipinski definition) is 1. The van der Waals surface area contributed by atoms with Crippen molar-refractivity contribution in [2.45, 2.75) is 45.4 Å². The summed E-state index contributed by atoms with van der Waals surface area (Å²) in [5.41, 5.74) is 1.08. The second-order valence-corrected chi connectivity index (χ2v) is 3.67. The van der Waals surface area contributed by atoms with Crippen molar-refractivity contribution >= 4 is 0 Å².